The van der Waals surface area contributed by atoms with Crippen LogP contribution in [0.5, 0.6) is 0 Å². The lowest BCUT2D eigenvalue weighted by atomic mass is 9.98. The van der Waals surface area contributed by atoms with Crippen molar-refractivity contribution in [3.63, 3.8) is 0 Å². The van der Waals surface area contributed by atoms with E-state index in [-0.39, 0.29) is 17.4 Å². The molecule has 0 spiro atoms. The fraction of sp³-hybridized carbons (Fsp3) is 0.211. The summed E-state index contributed by atoms with van der Waals surface area (Å²) in [4.78, 5) is 18.3. The Balaban J connectivity index is 1.39. The Bertz CT molecular complexity index is 946. The first-order valence-corrected chi connectivity index (χ1v) is 8.27. The molecule has 0 saturated carbocycles. The predicted molar refractivity (Wildman–Crippen MR) is 89.8 cm³/mol. The van der Waals surface area contributed by atoms with Crippen LogP contribution < -0.4 is 0 Å². The van der Waals surface area contributed by atoms with E-state index < -0.39 is 11.7 Å². The molecule has 138 valence electrons. The molecule has 1 aliphatic heterocycles. The number of alkyl halides is 3. The van der Waals surface area contributed by atoms with Crippen molar-refractivity contribution in [3.05, 3.63) is 71.6 Å². The van der Waals surface area contributed by atoms with E-state index in [4.69, 9.17) is 4.52 Å². The summed E-state index contributed by atoms with van der Waals surface area (Å²) in [5.41, 5.74) is 0.279. The molecule has 0 aliphatic carbocycles. The highest BCUT2D eigenvalue weighted by Gasteiger charge is 2.36. The largest absolute Gasteiger partial charge is 0.416 e. The van der Waals surface area contributed by atoms with Gasteiger partial charge in [0.05, 0.1) is 11.5 Å². The second-order valence-electron chi connectivity index (χ2n) is 6.30. The van der Waals surface area contributed by atoms with Crippen LogP contribution in [0.3, 0.4) is 0 Å². The van der Waals surface area contributed by atoms with E-state index >= 15 is 0 Å². The topological polar surface area (TPSA) is 59.2 Å². The standard InChI is InChI=1S/C19H14F3N3O2/c20-19(21,22)15-8-6-13(7-9-15)18(26)25-10-14(11-25)17-23-16(24-27-17)12-4-2-1-3-5-12/h1-9,14H,10-11H2. The van der Waals surface area contributed by atoms with Crippen LogP contribution in [-0.4, -0.2) is 34.0 Å². The zero-order valence-electron chi connectivity index (χ0n) is 14.0. The fourth-order valence-corrected chi connectivity index (χ4v) is 2.89. The van der Waals surface area contributed by atoms with E-state index in [1.165, 1.54) is 12.1 Å². The van der Waals surface area contributed by atoms with E-state index in [1.54, 1.807) is 4.90 Å². The molecular weight excluding hydrogens is 359 g/mol. The number of carbonyl (C=O) groups is 1. The monoisotopic (exact) mass is 373 g/mol. The molecule has 1 aliphatic rings. The Morgan fingerprint density at radius 3 is 2.33 bits per heavy atom. The number of nitrogens with zero attached hydrogens (tertiary/aromatic N) is 3. The van der Waals surface area contributed by atoms with Gasteiger partial charge in [-0.05, 0) is 24.3 Å². The summed E-state index contributed by atoms with van der Waals surface area (Å²) >= 11 is 0. The van der Waals surface area contributed by atoms with Gasteiger partial charge in [0, 0.05) is 24.2 Å². The number of hydrogen-bond acceptors (Lipinski definition) is 4. The maximum Gasteiger partial charge on any atom is 0.416 e. The van der Waals surface area contributed by atoms with Gasteiger partial charge in [-0.15, -0.1) is 0 Å². The average Bonchev–Trinajstić information content (AvgIpc) is 3.10. The van der Waals surface area contributed by atoms with Crippen molar-refractivity contribution in [1.82, 2.24) is 15.0 Å². The Labute approximate surface area is 152 Å². The van der Waals surface area contributed by atoms with Gasteiger partial charge in [-0.3, -0.25) is 4.79 Å². The van der Waals surface area contributed by atoms with Crippen LogP contribution >= 0.6 is 0 Å². The quantitative estimate of drug-likeness (QED) is 0.696. The molecule has 27 heavy (non-hydrogen) atoms. The number of amides is 1. The lowest BCUT2D eigenvalue weighted by Crippen LogP contribution is -2.48. The lowest BCUT2D eigenvalue weighted by Gasteiger charge is -2.37. The molecule has 4 rings (SSSR count). The van der Waals surface area contributed by atoms with Crippen molar-refractivity contribution in [2.24, 2.45) is 0 Å². The highest BCUT2D eigenvalue weighted by Crippen LogP contribution is 2.31. The highest BCUT2D eigenvalue weighted by atomic mass is 19.4. The molecule has 0 radical (unpaired) electrons. The van der Waals surface area contributed by atoms with E-state index in [9.17, 15) is 18.0 Å². The molecule has 3 aromatic rings. The van der Waals surface area contributed by atoms with Gasteiger partial charge < -0.3 is 9.42 Å². The van der Waals surface area contributed by atoms with Crippen molar-refractivity contribution >= 4 is 5.91 Å². The number of halogens is 3. The molecule has 5 nitrogen and oxygen atoms in total. The van der Waals surface area contributed by atoms with Gasteiger partial charge in [0.1, 0.15) is 0 Å². The molecule has 8 heteroatoms. The zero-order valence-corrected chi connectivity index (χ0v) is 14.0. The first kappa shape index (κ1) is 17.3. The van der Waals surface area contributed by atoms with Crippen LogP contribution in [0.2, 0.25) is 0 Å². The van der Waals surface area contributed by atoms with Gasteiger partial charge >= 0.3 is 6.18 Å². The molecular formula is C19H14F3N3O2. The summed E-state index contributed by atoms with van der Waals surface area (Å²) in [6.07, 6.45) is -4.42. The smallest absolute Gasteiger partial charge is 0.339 e. The lowest BCUT2D eigenvalue weighted by molar-refractivity contribution is -0.137. The third kappa shape index (κ3) is 3.42. The first-order valence-electron chi connectivity index (χ1n) is 8.27. The summed E-state index contributed by atoms with van der Waals surface area (Å²) in [5, 5.41) is 3.95. The number of likely N-dealkylation sites (tertiary alicyclic amines) is 1. The molecule has 0 bridgehead atoms. The third-order valence-corrected chi connectivity index (χ3v) is 4.45. The normalized spacial score (nSPS) is 14.9. The SMILES string of the molecule is O=C(c1ccc(C(F)(F)F)cc1)N1CC(c2nc(-c3ccccc3)no2)C1. The molecule has 2 heterocycles. The number of benzene rings is 2. The average molecular weight is 373 g/mol. The molecule has 1 saturated heterocycles. The van der Waals surface area contributed by atoms with Crippen LogP contribution in [-0.2, 0) is 6.18 Å². The summed E-state index contributed by atoms with van der Waals surface area (Å²) in [6, 6.07) is 13.6. The summed E-state index contributed by atoms with van der Waals surface area (Å²) in [5.74, 6) is 0.541. The molecule has 0 N–H and O–H groups in total. The van der Waals surface area contributed by atoms with Gasteiger partial charge in [-0.1, -0.05) is 35.5 Å². The van der Waals surface area contributed by atoms with Crippen LogP contribution in [0.25, 0.3) is 11.4 Å². The molecule has 0 unspecified atom stereocenters. The van der Waals surface area contributed by atoms with Gasteiger partial charge in [0.2, 0.25) is 11.7 Å². The van der Waals surface area contributed by atoms with Gasteiger partial charge in [-0.2, -0.15) is 18.2 Å². The van der Waals surface area contributed by atoms with Gasteiger partial charge in [0.25, 0.3) is 5.91 Å². The van der Waals surface area contributed by atoms with Crippen molar-refractivity contribution in [2.75, 3.05) is 13.1 Å². The third-order valence-electron chi connectivity index (χ3n) is 4.45. The van der Waals surface area contributed by atoms with E-state index in [0.29, 0.717) is 24.8 Å². The van der Waals surface area contributed by atoms with E-state index in [0.717, 1.165) is 17.7 Å². The van der Waals surface area contributed by atoms with Crippen LogP contribution in [0.15, 0.2) is 59.1 Å². The van der Waals surface area contributed by atoms with E-state index in [1.807, 2.05) is 30.3 Å². The second kappa shape index (κ2) is 6.53. The Kier molecular flexibility index (Phi) is 4.18. The minimum absolute atomic E-state index is 0.0756. The second-order valence-corrected chi connectivity index (χ2v) is 6.30. The molecule has 1 fully saturated rings. The molecule has 1 amide bonds. The maximum absolute atomic E-state index is 12.6. The van der Waals surface area contributed by atoms with Crippen molar-refractivity contribution < 1.29 is 22.5 Å². The predicted octanol–water partition coefficient (Wildman–Crippen LogP) is 4.00. The van der Waals surface area contributed by atoms with Gasteiger partial charge in [-0.25, -0.2) is 0 Å². The minimum Gasteiger partial charge on any atom is -0.339 e. The summed E-state index contributed by atoms with van der Waals surface area (Å²) in [6.45, 7) is 0.770. The molecule has 2 aromatic carbocycles. The number of rotatable bonds is 3. The van der Waals surface area contributed by atoms with Crippen LogP contribution in [0.4, 0.5) is 13.2 Å². The zero-order chi connectivity index (χ0) is 19.0. The highest BCUT2D eigenvalue weighted by molar-refractivity contribution is 5.94. The number of aromatic nitrogens is 2. The Morgan fingerprint density at radius 1 is 1.04 bits per heavy atom. The van der Waals surface area contributed by atoms with Crippen molar-refractivity contribution in [2.45, 2.75) is 12.1 Å². The van der Waals surface area contributed by atoms with Crippen molar-refractivity contribution in [1.29, 1.82) is 0 Å². The number of carbonyl (C=O) groups excluding carboxylic acids is 1. The fourth-order valence-electron chi connectivity index (χ4n) is 2.89. The summed E-state index contributed by atoms with van der Waals surface area (Å²) < 4.78 is 43.1. The Hall–Kier alpha value is -3.16. The number of hydrogen-bond donors (Lipinski definition) is 0. The van der Waals surface area contributed by atoms with Gasteiger partial charge in [0.15, 0.2) is 0 Å². The van der Waals surface area contributed by atoms with E-state index in [2.05, 4.69) is 10.1 Å². The molecule has 1 aromatic heterocycles. The summed E-state index contributed by atoms with van der Waals surface area (Å²) in [7, 11) is 0. The minimum atomic E-state index is -4.42. The Morgan fingerprint density at radius 2 is 1.70 bits per heavy atom. The van der Waals surface area contributed by atoms with Crippen molar-refractivity contribution in [3.8, 4) is 11.4 Å². The van der Waals surface area contributed by atoms with Crippen LogP contribution in [0.1, 0.15) is 27.7 Å². The first-order chi connectivity index (χ1) is 12.9. The maximum atomic E-state index is 12.6. The van der Waals surface area contributed by atoms with Crippen LogP contribution in [0, 0.1) is 0 Å². The molecule has 0 atom stereocenters.